The normalized spacial score (nSPS) is 10.9. The van der Waals surface area contributed by atoms with Gasteiger partial charge in [0.15, 0.2) is 17.3 Å². The molecule has 0 atom stereocenters. The highest BCUT2D eigenvalue weighted by Crippen LogP contribution is 2.30. The molecule has 0 unspecified atom stereocenters. The van der Waals surface area contributed by atoms with E-state index in [4.69, 9.17) is 11.6 Å². The first-order valence-corrected chi connectivity index (χ1v) is 11.6. The number of nitrogens with zero attached hydrogens (tertiary/aromatic N) is 3. The van der Waals surface area contributed by atoms with Crippen LogP contribution in [0.2, 0.25) is 5.02 Å². The SMILES string of the molecule is O=C(NCCCCNc1cc(-c2ccccc2Cl)nc2c(Br)cnn12)Nc1ccc(F)c(F)c1. The maximum atomic E-state index is 13.2. The summed E-state index contributed by atoms with van der Waals surface area (Å²) < 4.78 is 28.7. The van der Waals surface area contributed by atoms with E-state index in [9.17, 15) is 13.6 Å². The number of benzene rings is 2. The number of nitrogens with one attached hydrogen (secondary N) is 3. The van der Waals surface area contributed by atoms with Crippen LogP contribution >= 0.6 is 27.5 Å². The summed E-state index contributed by atoms with van der Waals surface area (Å²) in [5.41, 5.74) is 2.38. The number of fused-ring (bicyclic) bond motifs is 1. The van der Waals surface area contributed by atoms with Gasteiger partial charge in [-0.25, -0.2) is 18.6 Å². The zero-order chi connectivity index (χ0) is 24.1. The van der Waals surface area contributed by atoms with Crippen LogP contribution in [0, 0.1) is 11.6 Å². The van der Waals surface area contributed by atoms with E-state index in [1.165, 1.54) is 6.07 Å². The van der Waals surface area contributed by atoms with Crippen molar-refractivity contribution in [2.75, 3.05) is 23.7 Å². The number of amides is 2. The van der Waals surface area contributed by atoms with Gasteiger partial charge < -0.3 is 16.0 Å². The molecule has 34 heavy (non-hydrogen) atoms. The van der Waals surface area contributed by atoms with Crippen molar-refractivity contribution in [2.45, 2.75) is 12.8 Å². The number of carbonyl (C=O) groups excluding carboxylic acids is 1. The van der Waals surface area contributed by atoms with Crippen LogP contribution in [0.3, 0.4) is 0 Å². The second kappa shape index (κ2) is 10.8. The monoisotopic (exact) mass is 548 g/mol. The van der Waals surface area contributed by atoms with Gasteiger partial charge >= 0.3 is 6.03 Å². The van der Waals surface area contributed by atoms with Gasteiger partial charge in [-0.1, -0.05) is 29.8 Å². The lowest BCUT2D eigenvalue weighted by Gasteiger charge is -2.12. The van der Waals surface area contributed by atoms with Crippen molar-refractivity contribution in [3.8, 4) is 11.3 Å². The van der Waals surface area contributed by atoms with Gasteiger partial charge in [0.25, 0.3) is 0 Å². The molecule has 7 nitrogen and oxygen atoms in total. The lowest BCUT2D eigenvalue weighted by molar-refractivity contribution is 0.252. The first kappa shape index (κ1) is 23.9. The third kappa shape index (κ3) is 5.63. The van der Waals surface area contributed by atoms with Crippen molar-refractivity contribution in [1.29, 1.82) is 0 Å². The molecule has 2 amide bonds. The number of anilines is 2. The summed E-state index contributed by atoms with van der Waals surface area (Å²) >= 11 is 9.84. The lowest BCUT2D eigenvalue weighted by Crippen LogP contribution is -2.29. The number of carbonyl (C=O) groups is 1. The van der Waals surface area contributed by atoms with E-state index in [1.54, 1.807) is 10.7 Å². The Morgan fingerprint density at radius 1 is 1.06 bits per heavy atom. The minimum Gasteiger partial charge on any atom is -0.370 e. The van der Waals surface area contributed by atoms with E-state index < -0.39 is 17.7 Å². The Balaban J connectivity index is 1.31. The number of hydrogen-bond donors (Lipinski definition) is 3. The Morgan fingerprint density at radius 2 is 1.85 bits per heavy atom. The molecular weight excluding hydrogens is 530 g/mol. The second-order valence-corrected chi connectivity index (χ2v) is 8.64. The predicted molar refractivity (Wildman–Crippen MR) is 132 cm³/mol. The maximum absolute atomic E-state index is 13.2. The van der Waals surface area contributed by atoms with E-state index in [0.29, 0.717) is 30.2 Å². The van der Waals surface area contributed by atoms with Gasteiger partial charge in [0.2, 0.25) is 0 Å². The van der Waals surface area contributed by atoms with Crippen LogP contribution in [0.15, 0.2) is 59.2 Å². The Bertz CT molecular complexity index is 1330. The largest absolute Gasteiger partial charge is 0.370 e. The van der Waals surface area contributed by atoms with Crippen molar-refractivity contribution in [3.05, 3.63) is 75.9 Å². The molecule has 0 radical (unpaired) electrons. The molecule has 4 rings (SSSR count). The van der Waals surface area contributed by atoms with Crippen LogP contribution in [0.1, 0.15) is 12.8 Å². The number of halogens is 4. The Morgan fingerprint density at radius 3 is 2.65 bits per heavy atom. The van der Waals surface area contributed by atoms with Gasteiger partial charge in [-0.05, 0) is 47.0 Å². The zero-order valence-electron chi connectivity index (χ0n) is 17.8. The van der Waals surface area contributed by atoms with Crippen molar-refractivity contribution < 1.29 is 13.6 Å². The van der Waals surface area contributed by atoms with E-state index in [0.717, 1.165) is 40.1 Å². The number of hydrogen-bond acceptors (Lipinski definition) is 4. The standard InChI is InChI=1S/C23H20BrClF2N6O/c24-16-13-30-33-21(12-20(32-22(16)33)15-5-1-2-6-17(15)25)28-9-3-4-10-29-23(34)31-14-7-8-18(26)19(27)11-14/h1-2,5-8,11-13,28H,3-4,9-10H2,(H2,29,31,34). The molecule has 0 spiro atoms. The molecule has 0 aliphatic carbocycles. The average molecular weight is 550 g/mol. The third-order valence-electron chi connectivity index (χ3n) is 4.95. The molecule has 2 aromatic carbocycles. The van der Waals surface area contributed by atoms with Crippen LogP contribution in [0.5, 0.6) is 0 Å². The minimum atomic E-state index is -1.02. The first-order chi connectivity index (χ1) is 16.4. The topological polar surface area (TPSA) is 83.3 Å². The molecule has 0 saturated heterocycles. The Kier molecular flexibility index (Phi) is 7.59. The Labute approximate surface area is 207 Å². The van der Waals surface area contributed by atoms with Crippen LogP contribution in [0.25, 0.3) is 16.9 Å². The summed E-state index contributed by atoms with van der Waals surface area (Å²) in [7, 11) is 0. The highest BCUT2D eigenvalue weighted by atomic mass is 79.9. The fourth-order valence-electron chi connectivity index (χ4n) is 3.29. The summed E-state index contributed by atoms with van der Waals surface area (Å²) in [4.78, 5) is 16.6. The van der Waals surface area contributed by atoms with E-state index >= 15 is 0 Å². The van der Waals surface area contributed by atoms with Gasteiger partial charge in [0.05, 0.1) is 16.4 Å². The van der Waals surface area contributed by atoms with E-state index in [-0.39, 0.29) is 5.69 Å². The fourth-order valence-corrected chi connectivity index (χ4v) is 3.87. The summed E-state index contributed by atoms with van der Waals surface area (Å²) in [6.07, 6.45) is 3.14. The molecule has 4 aromatic rings. The molecular formula is C23H20BrClF2N6O. The second-order valence-electron chi connectivity index (χ2n) is 7.38. The van der Waals surface area contributed by atoms with Crippen molar-refractivity contribution in [3.63, 3.8) is 0 Å². The van der Waals surface area contributed by atoms with E-state index in [1.807, 2.05) is 30.3 Å². The zero-order valence-corrected chi connectivity index (χ0v) is 20.1. The van der Waals surface area contributed by atoms with Gasteiger partial charge in [-0.3, -0.25) is 0 Å². The number of urea groups is 1. The maximum Gasteiger partial charge on any atom is 0.319 e. The van der Waals surface area contributed by atoms with Crippen LogP contribution < -0.4 is 16.0 Å². The average Bonchev–Trinajstić information content (AvgIpc) is 3.19. The molecule has 2 heterocycles. The summed E-state index contributed by atoms with van der Waals surface area (Å²) in [5, 5.41) is 13.5. The Hall–Kier alpha value is -3.24. The van der Waals surface area contributed by atoms with Gasteiger partial charge in [-0.2, -0.15) is 9.61 Å². The molecule has 0 aliphatic heterocycles. The van der Waals surface area contributed by atoms with Crippen molar-refractivity contribution in [2.24, 2.45) is 0 Å². The lowest BCUT2D eigenvalue weighted by atomic mass is 10.1. The quantitative estimate of drug-likeness (QED) is 0.232. The number of unbranched alkanes of at least 4 members (excludes halogenated alkanes) is 1. The van der Waals surface area contributed by atoms with Gasteiger partial charge in [0, 0.05) is 41.5 Å². The molecule has 176 valence electrons. The van der Waals surface area contributed by atoms with Crippen LogP contribution in [-0.2, 0) is 0 Å². The summed E-state index contributed by atoms with van der Waals surface area (Å²) in [6, 6.07) is 12.1. The van der Waals surface area contributed by atoms with Gasteiger partial charge in [0.1, 0.15) is 5.82 Å². The molecule has 3 N–H and O–H groups in total. The molecule has 0 fully saturated rings. The fraction of sp³-hybridized carbons (Fsp3) is 0.174. The number of rotatable bonds is 8. The minimum absolute atomic E-state index is 0.180. The smallest absolute Gasteiger partial charge is 0.319 e. The molecule has 11 heteroatoms. The van der Waals surface area contributed by atoms with E-state index in [2.05, 4.69) is 42.0 Å². The summed E-state index contributed by atoms with van der Waals surface area (Å²) in [5.74, 6) is -1.22. The predicted octanol–water partition coefficient (Wildman–Crippen LogP) is 6.10. The third-order valence-corrected chi connectivity index (χ3v) is 5.84. The number of aromatic nitrogens is 3. The molecule has 0 bridgehead atoms. The highest BCUT2D eigenvalue weighted by molar-refractivity contribution is 9.10. The molecule has 0 saturated carbocycles. The highest BCUT2D eigenvalue weighted by Gasteiger charge is 2.13. The first-order valence-electron chi connectivity index (χ1n) is 10.5. The van der Waals surface area contributed by atoms with Crippen molar-refractivity contribution >= 4 is 50.7 Å². The molecule has 2 aromatic heterocycles. The van der Waals surface area contributed by atoms with Crippen molar-refractivity contribution in [1.82, 2.24) is 19.9 Å². The van der Waals surface area contributed by atoms with Crippen LogP contribution in [0.4, 0.5) is 25.1 Å². The van der Waals surface area contributed by atoms with Gasteiger partial charge in [-0.15, -0.1) is 0 Å². The summed E-state index contributed by atoms with van der Waals surface area (Å²) in [6.45, 7) is 1.05. The van der Waals surface area contributed by atoms with Crippen LogP contribution in [-0.4, -0.2) is 33.7 Å². The molecule has 0 aliphatic rings.